The standard InChI is InChI=1S/C16H19FO3/c17-16-10-13(4-1-2-8-18)6-7-14(16)11-19-12-15-5-3-9-20-15/h6-7,10,15,18H,2-3,5,8-9,11-12H2. The minimum Gasteiger partial charge on any atom is -0.395 e. The Bertz CT molecular complexity index is 484. The van der Waals surface area contributed by atoms with Crippen LogP contribution in [0.2, 0.25) is 0 Å². The van der Waals surface area contributed by atoms with Gasteiger partial charge in [-0.25, -0.2) is 4.39 Å². The van der Waals surface area contributed by atoms with Crippen LogP contribution in [0.15, 0.2) is 18.2 Å². The lowest BCUT2D eigenvalue weighted by molar-refractivity contribution is 0.00982. The van der Waals surface area contributed by atoms with E-state index in [1.807, 2.05) is 0 Å². The van der Waals surface area contributed by atoms with Crippen LogP contribution in [0.4, 0.5) is 4.39 Å². The second kappa shape index (κ2) is 8.01. The average molecular weight is 278 g/mol. The third-order valence-corrected chi connectivity index (χ3v) is 3.11. The lowest BCUT2D eigenvalue weighted by Gasteiger charge is -2.10. The zero-order valence-corrected chi connectivity index (χ0v) is 11.4. The van der Waals surface area contributed by atoms with Gasteiger partial charge in [-0.3, -0.25) is 0 Å². The third-order valence-electron chi connectivity index (χ3n) is 3.11. The van der Waals surface area contributed by atoms with Crippen LogP contribution in [0.25, 0.3) is 0 Å². The minimum absolute atomic E-state index is 0.0185. The van der Waals surface area contributed by atoms with Gasteiger partial charge in [0.1, 0.15) is 5.82 Å². The van der Waals surface area contributed by atoms with Crippen molar-refractivity contribution in [2.24, 2.45) is 0 Å². The van der Waals surface area contributed by atoms with E-state index in [2.05, 4.69) is 11.8 Å². The smallest absolute Gasteiger partial charge is 0.129 e. The van der Waals surface area contributed by atoms with E-state index in [1.165, 1.54) is 6.07 Å². The van der Waals surface area contributed by atoms with Crippen molar-refractivity contribution in [1.29, 1.82) is 0 Å². The number of hydrogen-bond acceptors (Lipinski definition) is 3. The lowest BCUT2D eigenvalue weighted by atomic mass is 10.1. The van der Waals surface area contributed by atoms with E-state index in [0.717, 1.165) is 19.4 Å². The quantitative estimate of drug-likeness (QED) is 0.840. The number of ether oxygens (including phenoxy) is 2. The van der Waals surface area contributed by atoms with Crippen LogP contribution in [0, 0.1) is 17.7 Å². The molecule has 1 unspecified atom stereocenters. The van der Waals surface area contributed by atoms with Gasteiger partial charge in [0.25, 0.3) is 0 Å². The fourth-order valence-corrected chi connectivity index (χ4v) is 2.04. The molecule has 1 atom stereocenters. The fraction of sp³-hybridized carbons (Fsp3) is 0.500. The van der Waals surface area contributed by atoms with Gasteiger partial charge >= 0.3 is 0 Å². The summed E-state index contributed by atoms with van der Waals surface area (Å²) in [5.74, 6) is 5.26. The molecule has 108 valence electrons. The van der Waals surface area contributed by atoms with Gasteiger partial charge in [0.15, 0.2) is 0 Å². The van der Waals surface area contributed by atoms with Crippen molar-refractivity contribution in [3.05, 3.63) is 35.1 Å². The summed E-state index contributed by atoms with van der Waals surface area (Å²) in [5, 5.41) is 8.63. The van der Waals surface area contributed by atoms with E-state index in [1.54, 1.807) is 12.1 Å². The van der Waals surface area contributed by atoms with Crippen LogP contribution in [0.5, 0.6) is 0 Å². The lowest BCUT2D eigenvalue weighted by Crippen LogP contribution is -2.14. The Morgan fingerprint density at radius 2 is 2.35 bits per heavy atom. The van der Waals surface area contributed by atoms with Crippen molar-refractivity contribution in [3.63, 3.8) is 0 Å². The normalized spacial score (nSPS) is 17.8. The summed E-state index contributed by atoms with van der Waals surface area (Å²) in [4.78, 5) is 0. The molecular weight excluding hydrogens is 259 g/mol. The molecule has 1 N–H and O–H groups in total. The second-order valence-corrected chi connectivity index (χ2v) is 4.73. The highest BCUT2D eigenvalue weighted by molar-refractivity contribution is 5.36. The van der Waals surface area contributed by atoms with Crippen LogP contribution in [-0.4, -0.2) is 31.0 Å². The Hall–Kier alpha value is -1.41. The number of rotatable bonds is 5. The monoisotopic (exact) mass is 278 g/mol. The van der Waals surface area contributed by atoms with Gasteiger partial charge in [-0.15, -0.1) is 0 Å². The van der Waals surface area contributed by atoms with Crippen molar-refractivity contribution >= 4 is 0 Å². The maximum absolute atomic E-state index is 13.8. The highest BCUT2D eigenvalue weighted by Gasteiger charge is 2.15. The van der Waals surface area contributed by atoms with Gasteiger partial charge in [-0.05, 0) is 25.0 Å². The molecule has 0 aromatic heterocycles. The molecule has 0 aliphatic carbocycles. The summed E-state index contributed by atoms with van der Waals surface area (Å²) in [6, 6.07) is 4.85. The molecule has 1 aliphatic heterocycles. The number of benzene rings is 1. The van der Waals surface area contributed by atoms with Crippen molar-refractivity contribution in [1.82, 2.24) is 0 Å². The van der Waals surface area contributed by atoms with Crippen LogP contribution in [-0.2, 0) is 16.1 Å². The Balaban J connectivity index is 1.84. The van der Waals surface area contributed by atoms with Gasteiger partial charge in [-0.2, -0.15) is 0 Å². The molecule has 4 heteroatoms. The first-order valence-corrected chi connectivity index (χ1v) is 6.87. The molecule has 1 fully saturated rings. The number of aliphatic hydroxyl groups is 1. The summed E-state index contributed by atoms with van der Waals surface area (Å²) in [6.07, 6.45) is 2.64. The fourth-order valence-electron chi connectivity index (χ4n) is 2.04. The van der Waals surface area contributed by atoms with E-state index in [4.69, 9.17) is 14.6 Å². The largest absolute Gasteiger partial charge is 0.395 e. The Kier molecular flexibility index (Phi) is 6.00. The van der Waals surface area contributed by atoms with E-state index < -0.39 is 0 Å². The molecule has 1 aromatic rings. The zero-order chi connectivity index (χ0) is 14.2. The second-order valence-electron chi connectivity index (χ2n) is 4.73. The predicted molar refractivity (Wildman–Crippen MR) is 73.6 cm³/mol. The van der Waals surface area contributed by atoms with Crippen LogP contribution < -0.4 is 0 Å². The molecule has 1 saturated heterocycles. The highest BCUT2D eigenvalue weighted by atomic mass is 19.1. The SMILES string of the molecule is OCCC#Cc1ccc(COCC2CCCO2)c(F)c1. The van der Waals surface area contributed by atoms with Crippen LogP contribution in [0.3, 0.4) is 0 Å². The van der Waals surface area contributed by atoms with Gasteiger partial charge in [-0.1, -0.05) is 17.9 Å². The first kappa shape index (κ1) is 15.0. The van der Waals surface area contributed by atoms with Crippen LogP contribution >= 0.6 is 0 Å². The van der Waals surface area contributed by atoms with Crippen LogP contribution in [0.1, 0.15) is 30.4 Å². The van der Waals surface area contributed by atoms with Gasteiger partial charge in [0.05, 0.1) is 25.9 Å². The average Bonchev–Trinajstić information content (AvgIpc) is 2.95. The molecule has 2 rings (SSSR count). The number of aliphatic hydroxyl groups excluding tert-OH is 1. The maximum Gasteiger partial charge on any atom is 0.129 e. The Morgan fingerprint density at radius 1 is 1.45 bits per heavy atom. The molecule has 0 saturated carbocycles. The van der Waals surface area contributed by atoms with E-state index in [9.17, 15) is 4.39 Å². The molecule has 1 heterocycles. The Morgan fingerprint density at radius 3 is 3.05 bits per heavy atom. The van der Waals surface area contributed by atoms with Crippen molar-refractivity contribution in [3.8, 4) is 11.8 Å². The molecule has 20 heavy (non-hydrogen) atoms. The van der Waals surface area contributed by atoms with Gasteiger partial charge in [0, 0.05) is 24.2 Å². The van der Waals surface area contributed by atoms with Crippen molar-refractivity contribution < 1.29 is 19.0 Å². The van der Waals surface area contributed by atoms with E-state index in [-0.39, 0.29) is 25.1 Å². The molecular formula is C16H19FO3. The number of hydrogen-bond donors (Lipinski definition) is 1. The first-order chi connectivity index (χ1) is 9.79. The molecule has 0 amide bonds. The molecule has 1 aliphatic rings. The van der Waals surface area contributed by atoms with Crippen molar-refractivity contribution in [2.45, 2.75) is 32.0 Å². The first-order valence-electron chi connectivity index (χ1n) is 6.87. The van der Waals surface area contributed by atoms with Gasteiger partial charge in [0.2, 0.25) is 0 Å². The predicted octanol–water partition coefficient (Wildman–Crippen LogP) is 2.26. The molecule has 0 spiro atoms. The summed E-state index contributed by atoms with van der Waals surface area (Å²) in [7, 11) is 0. The van der Waals surface area contributed by atoms with Gasteiger partial charge < -0.3 is 14.6 Å². The molecule has 1 aromatic carbocycles. The third kappa shape index (κ3) is 4.61. The summed E-state index contributed by atoms with van der Waals surface area (Å²) < 4.78 is 24.8. The summed E-state index contributed by atoms with van der Waals surface area (Å²) in [5.41, 5.74) is 1.13. The topological polar surface area (TPSA) is 38.7 Å². The maximum atomic E-state index is 13.8. The number of halogens is 1. The molecule has 0 radical (unpaired) electrons. The van der Waals surface area contributed by atoms with E-state index in [0.29, 0.717) is 24.2 Å². The van der Waals surface area contributed by atoms with E-state index >= 15 is 0 Å². The molecule has 3 nitrogen and oxygen atoms in total. The van der Waals surface area contributed by atoms with Crippen molar-refractivity contribution in [2.75, 3.05) is 19.8 Å². The highest BCUT2D eigenvalue weighted by Crippen LogP contribution is 2.15. The Labute approximate surface area is 118 Å². The minimum atomic E-state index is -0.312. The zero-order valence-electron chi connectivity index (χ0n) is 11.4. The summed E-state index contributed by atoms with van der Waals surface area (Å²) >= 11 is 0. The summed E-state index contributed by atoms with van der Waals surface area (Å²) in [6.45, 7) is 1.57. The molecule has 0 bridgehead atoms.